The summed E-state index contributed by atoms with van der Waals surface area (Å²) >= 11 is 6.91. The second-order valence-corrected chi connectivity index (χ2v) is 7.45. The first kappa shape index (κ1) is 15.0. The molecule has 2 amide bonds. The lowest BCUT2D eigenvalue weighted by Gasteiger charge is -2.44. The van der Waals surface area contributed by atoms with Crippen LogP contribution >= 0.6 is 31.9 Å². The lowest BCUT2D eigenvalue weighted by Crippen LogP contribution is -2.67. The van der Waals surface area contributed by atoms with E-state index in [-0.39, 0.29) is 18.4 Å². The van der Waals surface area contributed by atoms with Gasteiger partial charge in [0.15, 0.2) is 0 Å². The maximum absolute atomic E-state index is 13.0. The van der Waals surface area contributed by atoms with Crippen LogP contribution in [0.15, 0.2) is 27.1 Å². The lowest BCUT2D eigenvalue weighted by atomic mass is 9.79. The third-order valence-corrected chi connectivity index (χ3v) is 5.40. The van der Waals surface area contributed by atoms with Crippen molar-refractivity contribution in [3.8, 4) is 0 Å². The highest BCUT2D eigenvalue weighted by Crippen LogP contribution is 2.36. The Bertz CT molecular complexity index is 597. The number of rotatable bonds is 1. The van der Waals surface area contributed by atoms with Crippen LogP contribution in [0.2, 0.25) is 0 Å². The molecule has 3 rings (SSSR count). The van der Waals surface area contributed by atoms with Crippen molar-refractivity contribution < 1.29 is 9.59 Å². The van der Waals surface area contributed by atoms with Crippen molar-refractivity contribution in [3.05, 3.63) is 27.1 Å². The molecule has 1 heterocycles. The number of halogens is 2. The van der Waals surface area contributed by atoms with Crippen LogP contribution in [-0.4, -0.2) is 23.9 Å². The summed E-state index contributed by atoms with van der Waals surface area (Å²) in [5.41, 5.74) is 0.0455. The van der Waals surface area contributed by atoms with Crippen LogP contribution in [0.25, 0.3) is 0 Å². The van der Waals surface area contributed by atoms with Crippen molar-refractivity contribution in [3.63, 3.8) is 0 Å². The third-order valence-electron chi connectivity index (χ3n) is 4.24. The molecule has 0 atom stereocenters. The Labute approximate surface area is 140 Å². The number of piperazine rings is 1. The van der Waals surface area contributed by atoms with Crippen molar-refractivity contribution in [2.45, 2.75) is 37.6 Å². The molecule has 1 aromatic rings. The minimum Gasteiger partial charge on any atom is -0.340 e. The highest BCUT2D eigenvalue weighted by atomic mass is 79.9. The van der Waals surface area contributed by atoms with Crippen LogP contribution < -0.4 is 10.2 Å². The van der Waals surface area contributed by atoms with Gasteiger partial charge in [-0.2, -0.15) is 0 Å². The average molecular weight is 416 g/mol. The van der Waals surface area contributed by atoms with Gasteiger partial charge in [0.2, 0.25) is 5.91 Å². The lowest BCUT2D eigenvalue weighted by molar-refractivity contribution is -0.137. The van der Waals surface area contributed by atoms with Crippen LogP contribution in [0.4, 0.5) is 5.69 Å². The summed E-state index contributed by atoms with van der Waals surface area (Å²) in [6.07, 6.45) is 4.57. The fourth-order valence-corrected chi connectivity index (χ4v) is 4.02. The maximum Gasteiger partial charge on any atom is 0.253 e. The molecule has 1 saturated carbocycles. The quantitative estimate of drug-likeness (QED) is 0.764. The van der Waals surface area contributed by atoms with E-state index < -0.39 is 5.54 Å². The predicted molar refractivity (Wildman–Crippen MR) is 88.2 cm³/mol. The first-order valence-electron chi connectivity index (χ1n) is 7.10. The van der Waals surface area contributed by atoms with Gasteiger partial charge in [-0.15, -0.1) is 0 Å². The Morgan fingerprint density at radius 2 is 1.81 bits per heavy atom. The second-order valence-electron chi connectivity index (χ2n) is 5.68. The van der Waals surface area contributed by atoms with E-state index in [9.17, 15) is 9.59 Å². The van der Waals surface area contributed by atoms with Crippen LogP contribution in [0, 0.1) is 0 Å². The molecule has 1 saturated heterocycles. The zero-order valence-electron chi connectivity index (χ0n) is 11.5. The van der Waals surface area contributed by atoms with E-state index in [0.717, 1.165) is 46.7 Å². The van der Waals surface area contributed by atoms with Gasteiger partial charge in [0, 0.05) is 8.95 Å². The van der Waals surface area contributed by atoms with Crippen molar-refractivity contribution >= 4 is 49.4 Å². The molecule has 112 valence electrons. The highest BCUT2D eigenvalue weighted by Gasteiger charge is 2.47. The van der Waals surface area contributed by atoms with Crippen LogP contribution in [0.1, 0.15) is 32.1 Å². The fraction of sp³-hybridized carbons (Fsp3) is 0.467. The minimum absolute atomic E-state index is 0.0144. The number of benzene rings is 1. The van der Waals surface area contributed by atoms with Crippen molar-refractivity contribution in [2.24, 2.45) is 0 Å². The van der Waals surface area contributed by atoms with Gasteiger partial charge in [0.05, 0.1) is 5.69 Å². The van der Waals surface area contributed by atoms with E-state index in [1.807, 2.05) is 18.2 Å². The number of anilines is 1. The molecule has 2 aliphatic rings. The monoisotopic (exact) mass is 414 g/mol. The van der Waals surface area contributed by atoms with Crippen molar-refractivity contribution in [1.29, 1.82) is 0 Å². The van der Waals surface area contributed by atoms with Gasteiger partial charge in [-0.1, -0.05) is 35.2 Å². The predicted octanol–water partition coefficient (Wildman–Crippen LogP) is 3.38. The molecule has 1 aliphatic heterocycles. The zero-order chi connectivity index (χ0) is 15.0. The maximum atomic E-state index is 13.0. The molecule has 4 nitrogen and oxygen atoms in total. The summed E-state index contributed by atoms with van der Waals surface area (Å²) in [4.78, 5) is 26.7. The SMILES string of the molecule is O=C1CN(c2cc(Br)ccc2Br)C(=O)C2(CCCCC2)N1. The van der Waals surface area contributed by atoms with Crippen molar-refractivity contribution in [1.82, 2.24) is 5.32 Å². The first-order valence-corrected chi connectivity index (χ1v) is 8.68. The van der Waals surface area contributed by atoms with Crippen molar-refractivity contribution in [2.75, 3.05) is 11.4 Å². The van der Waals surface area contributed by atoms with E-state index in [0.29, 0.717) is 0 Å². The molecular formula is C15H16Br2N2O2. The largest absolute Gasteiger partial charge is 0.340 e. The molecule has 0 radical (unpaired) electrons. The topological polar surface area (TPSA) is 49.4 Å². The van der Waals surface area contributed by atoms with Gasteiger partial charge in [-0.3, -0.25) is 14.5 Å². The summed E-state index contributed by atoms with van der Waals surface area (Å²) < 4.78 is 1.71. The molecule has 6 heteroatoms. The Kier molecular flexibility index (Phi) is 4.10. The van der Waals surface area contributed by atoms with E-state index in [4.69, 9.17) is 0 Å². The standard InChI is InChI=1S/C15H16Br2N2O2/c16-10-4-5-11(17)12(8-10)19-9-13(20)18-15(14(19)21)6-2-1-3-7-15/h4-5,8H,1-3,6-7,9H2,(H,18,20). The normalized spacial score (nSPS) is 21.5. The highest BCUT2D eigenvalue weighted by molar-refractivity contribution is 9.11. The Morgan fingerprint density at radius 1 is 1.10 bits per heavy atom. The summed E-state index contributed by atoms with van der Waals surface area (Å²) in [5, 5.41) is 2.96. The van der Waals surface area contributed by atoms with E-state index in [2.05, 4.69) is 37.2 Å². The van der Waals surface area contributed by atoms with Crippen LogP contribution in [0.5, 0.6) is 0 Å². The molecule has 21 heavy (non-hydrogen) atoms. The Hall–Kier alpha value is -0.880. The van der Waals surface area contributed by atoms with Gasteiger partial charge in [0.1, 0.15) is 12.1 Å². The van der Waals surface area contributed by atoms with Crippen LogP contribution in [-0.2, 0) is 9.59 Å². The summed E-state index contributed by atoms with van der Waals surface area (Å²) in [6.45, 7) is 0.0790. The van der Waals surface area contributed by atoms with Gasteiger partial charge >= 0.3 is 0 Å². The molecule has 1 spiro atoms. The molecule has 0 bridgehead atoms. The number of hydrogen-bond donors (Lipinski definition) is 1. The van der Waals surface area contributed by atoms with E-state index >= 15 is 0 Å². The molecule has 0 unspecified atom stereocenters. The number of nitrogens with zero attached hydrogens (tertiary/aromatic N) is 1. The fourth-order valence-electron chi connectivity index (χ4n) is 3.22. The van der Waals surface area contributed by atoms with Gasteiger partial charge < -0.3 is 5.32 Å². The minimum atomic E-state index is -0.699. The third kappa shape index (κ3) is 2.75. The number of carbonyl (C=O) groups is 2. The molecule has 0 aromatic heterocycles. The van der Waals surface area contributed by atoms with E-state index in [1.54, 1.807) is 4.90 Å². The number of amides is 2. The molecule has 1 N–H and O–H groups in total. The van der Waals surface area contributed by atoms with Crippen LogP contribution in [0.3, 0.4) is 0 Å². The molecular weight excluding hydrogens is 400 g/mol. The van der Waals surface area contributed by atoms with Gasteiger partial charge in [0.25, 0.3) is 5.91 Å². The molecule has 1 aromatic carbocycles. The Morgan fingerprint density at radius 3 is 2.52 bits per heavy atom. The summed E-state index contributed by atoms with van der Waals surface area (Å²) in [6, 6.07) is 5.66. The summed E-state index contributed by atoms with van der Waals surface area (Å²) in [7, 11) is 0. The van der Waals surface area contributed by atoms with Gasteiger partial charge in [-0.25, -0.2) is 0 Å². The number of hydrogen-bond acceptors (Lipinski definition) is 2. The van der Waals surface area contributed by atoms with E-state index in [1.165, 1.54) is 0 Å². The first-order chi connectivity index (χ1) is 10.0. The Balaban J connectivity index is 1.99. The number of nitrogens with one attached hydrogen (secondary N) is 1. The second kappa shape index (κ2) is 5.72. The average Bonchev–Trinajstić information content (AvgIpc) is 2.47. The zero-order valence-corrected chi connectivity index (χ0v) is 14.7. The smallest absolute Gasteiger partial charge is 0.253 e. The number of carbonyl (C=O) groups excluding carboxylic acids is 2. The molecule has 1 aliphatic carbocycles. The molecule has 2 fully saturated rings. The summed E-state index contributed by atoms with van der Waals surface area (Å²) in [5.74, 6) is -0.0658. The van der Waals surface area contributed by atoms with Gasteiger partial charge in [-0.05, 0) is 47.0 Å².